The number of aryl methyl sites for hydroxylation is 1. The van der Waals surface area contributed by atoms with Crippen molar-refractivity contribution in [1.82, 2.24) is 9.55 Å². The Kier molecular flexibility index (Phi) is 5.24. The molecule has 0 unspecified atom stereocenters. The van der Waals surface area contributed by atoms with Gasteiger partial charge in [0.05, 0.1) is 12.7 Å². The highest BCUT2D eigenvalue weighted by Crippen LogP contribution is 2.37. The van der Waals surface area contributed by atoms with Crippen LogP contribution in [0.3, 0.4) is 0 Å². The first-order valence-corrected chi connectivity index (χ1v) is 11.1. The molecule has 2 rings (SSSR count). The Morgan fingerprint density at radius 1 is 1.42 bits per heavy atom. The molecule has 8 heteroatoms. The van der Waals surface area contributed by atoms with E-state index in [4.69, 9.17) is 9.16 Å². The number of nitrogens with one attached hydrogen (secondary N) is 1. The van der Waals surface area contributed by atoms with E-state index in [0.717, 1.165) is 0 Å². The van der Waals surface area contributed by atoms with Crippen LogP contribution in [0.1, 0.15) is 39.0 Å². The van der Waals surface area contributed by atoms with E-state index in [0.29, 0.717) is 12.2 Å². The summed E-state index contributed by atoms with van der Waals surface area (Å²) >= 11 is 0. The van der Waals surface area contributed by atoms with E-state index in [1.54, 1.807) is 6.92 Å². The Bertz CT molecular complexity index is 704. The average Bonchev–Trinajstić information content (AvgIpc) is 2.80. The summed E-state index contributed by atoms with van der Waals surface area (Å²) < 4.78 is 13.3. The molecule has 1 aromatic heterocycles. The molecular formula is C16H28N2O5Si. The molecular weight excluding hydrogens is 328 g/mol. The van der Waals surface area contributed by atoms with Crippen LogP contribution >= 0.6 is 0 Å². The predicted molar refractivity (Wildman–Crippen MR) is 93.7 cm³/mol. The summed E-state index contributed by atoms with van der Waals surface area (Å²) in [5.41, 5.74) is -0.518. The van der Waals surface area contributed by atoms with Gasteiger partial charge < -0.3 is 14.3 Å². The molecule has 0 spiro atoms. The second-order valence-electron chi connectivity index (χ2n) is 7.98. The Hall–Kier alpha value is -1.22. The zero-order valence-corrected chi connectivity index (χ0v) is 16.3. The third-order valence-corrected chi connectivity index (χ3v) is 9.58. The monoisotopic (exact) mass is 356 g/mol. The smallest absolute Gasteiger partial charge is 0.330 e. The minimum absolute atomic E-state index is 0.0723. The molecule has 136 valence electrons. The lowest BCUT2D eigenvalue weighted by atomic mass is 10.2. The van der Waals surface area contributed by atoms with Crippen molar-refractivity contribution in [3.8, 4) is 0 Å². The highest BCUT2D eigenvalue weighted by molar-refractivity contribution is 6.74. The lowest BCUT2D eigenvalue weighted by Crippen LogP contribution is -2.43. The van der Waals surface area contributed by atoms with Gasteiger partial charge in [0.25, 0.3) is 5.56 Å². The van der Waals surface area contributed by atoms with Crippen LogP contribution in [-0.4, -0.2) is 41.8 Å². The van der Waals surface area contributed by atoms with Gasteiger partial charge in [0.2, 0.25) is 0 Å². The Labute approximate surface area is 142 Å². The van der Waals surface area contributed by atoms with Crippen molar-refractivity contribution in [3.63, 3.8) is 0 Å². The van der Waals surface area contributed by atoms with Crippen molar-refractivity contribution >= 4 is 8.32 Å². The van der Waals surface area contributed by atoms with E-state index in [-0.39, 0.29) is 11.5 Å². The van der Waals surface area contributed by atoms with Gasteiger partial charge in [-0.1, -0.05) is 20.8 Å². The number of nitrogens with zero attached hydrogens (tertiary/aromatic N) is 1. The highest BCUT2D eigenvalue weighted by atomic mass is 28.4. The fourth-order valence-electron chi connectivity index (χ4n) is 2.34. The van der Waals surface area contributed by atoms with Gasteiger partial charge in [-0.3, -0.25) is 14.3 Å². The fraction of sp³-hybridized carbons (Fsp3) is 0.750. The van der Waals surface area contributed by atoms with Gasteiger partial charge in [-0.05, 0) is 25.1 Å². The van der Waals surface area contributed by atoms with Crippen LogP contribution in [0.2, 0.25) is 18.1 Å². The minimum Gasteiger partial charge on any atom is -0.414 e. The number of ether oxygens (including phenoxy) is 1. The van der Waals surface area contributed by atoms with E-state index in [1.807, 2.05) is 0 Å². The van der Waals surface area contributed by atoms with Gasteiger partial charge in [0, 0.05) is 18.2 Å². The van der Waals surface area contributed by atoms with Gasteiger partial charge >= 0.3 is 5.69 Å². The number of H-pyrrole nitrogens is 1. The number of aromatic amines is 1. The molecule has 0 saturated carbocycles. The predicted octanol–water partition coefficient (Wildman–Crippen LogP) is 1.52. The van der Waals surface area contributed by atoms with Crippen LogP contribution in [0, 0.1) is 6.92 Å². The number of rotatable bonds is 4. The summed E-state index contributed by atoms with van der Waals surface area (Å²) in [6, 6.07) is 0. The molecule has 1 aliphatic heterocycles. The normalized spacial score (nSPS) is 25.2. The summed E-state index contributed by atoms with van der Waals surface area (Å²) in [7, 11) is -1.94. The maximum absolute atomic E-state index is 12.0. The average molecular weight is 356 g/mol. The number of hydrogen-bond acceptors (Lipinski definition) is 5. The summed E-state index contributed by atoms with van der Waals surface area (Å²) in [6.07, 6.45) is -0.0368. The first-order valence-electron chi connectivity index (χ1n) is 8.22. The van der Waals surface area contributed by atoms with Crippen LogP contribution in [0.5, 0.6) is 0 Å². The first-order chi connectivity index (χ1) is 10.9. The second kappa shape index (κ2) is 6.59. The van der Waals surface area contributed by atoms with Crippen molar-refractivity contribution in [2.45, 2.75) is 70.7 Å². The van der Waals surface area contributed by atoms with Crippen LogP contribution in [0.15, 0.2) is 15.8 Å². The van der Waals surface area contributed by atoms with E-state index >= 15 is 0 Å². The first kappa shape index (κ1) is 19.1. The summed E-state index contributed by atoms with van der Waals surface area (Å²) in [5.74, 6) is 0. The molecule has 2 heterocycles. The maximum atomic E-state index is 12.0. The molecule has 0 aromatic carbocycles. The van der Waals surface area contributed by atoms with Crippen molar-refractivity contribution in [3.05, 3.63) is 32.6 Å². The maximum Gasteiger partial charge on any atom is 0.330 e. The SMILES string of the molecule is Cc1cn([C@@H]2C[C@@H](O)[C@H](CO[Si](C)(C)C(C)(C)C)O2)c(=O)[nH]c1=O. The third-order valence-electron chi connectivity index (χ3n) is 5.07. The van der Waals surface area contributed by atoms with Crippen LogP contribution in [0.25, 0.3) is 0 Å². The Morgan fingerprint density at radius 2 is 2.04 bits per heavy atom. The van der Waals surface area contributed by atoms with Crippen LogP contribution in [0.4, 0.5) is 0 Å². The number of aliphatic hydroxyl groups is 1. The molecule has 1 fully saturated rings. The zero-order valence-electron chi connectivity index (χ0n) is 15.3. The van der Waals surface area contributed by atoms with E-state index in [2.05, 4.69) is 38.8 Å². The molecule has 1 aromatic rings. The molecule has 0 aliphatic carbocycles. The Morgan fingerprint density at radius 3 is 2.62 bits per heavy atom. The van der Waals surface area contributed by atoms with E-state index < -0.39 is 38.0 Å². The number of hydrogen-bond donors (Lipinski definition) is 2. The summed E-state index contributed by atoms with van der Waals surface area (Å²) in [6.45, 7) is 12.6. The summed E-state index contributed by atoms with van der Waals surface area (Å²) in [4.78, 5) is 25.7. The van der Waals surface area contributed by atoms with Gasteiger partial charge in [0.15, 0.2) is 8.32 Å². The number of aromatic nitrogens is 2. The quantitative estimate of drug-likeness (QED) is 0.798. The topological polar surface area (TPSA) is 93.6 Å². The molecule has 7 nitrogen and oxygen atoms in total. The molecule has 2 N–H and O–H groups in total. The molecule has 0 radical (unpaired) electrons. The van der Waals surface area contributed by atoms with Gasteiger partial charge in [-0.25, -0.2) is 4.79 Å². The largest absolute Gasteiger partial charge is 0.414 e. The molecule has 3 atom stereocenters. The summed E-state index contributed by atoms with van der Waals surface area (Å²) in [5, 5.41) is 10.3. The second-order valence-corrected chi connectivity index (χ2v) is 12.8. The number of aliphatic hydroxyl groups excluding tert-OH is 1. The lowest BCUT2D eigenvalue weighted by molar-refractivity contribution is -0.0433. The van der Waals surface area contributed by atoms with Crippen molar-refractivity contribution in [1.29, 1.82) is 0 Å². The van der Waals surface area contributed by atoms with Crippen molar-refractivity contribution < 1.29 is 14.3 Å². The molecule has 24 heavy (non-hydrogen) atoms. The van der Waals surface area contributed by atoms with E-state index in [9.17, 15) is 14.7 Å². The highest BCUT2D eigenvalue weighted by Gasteiger charge is 2.41. The Balaban J connectivity index is 2.09. The van der Waals surface area contributed by atoms with E-state index in [1.165, 1.54) is 10.8 Å². The fourth-order valence-corrected chi connectivity index (χ4v) is 3.36. The van der Waals surface area contributed by atoms with Gasteiger partial charge in [-0.15, -0.1) is 0 Å². The van der Waals surface area contributed by atoms with Crippen molar-refractivity contribution in [2.75, 3.05) is 6.61 Å². The van der Waals surface area contributed by atoms with Crippen LogP contribution < -0.4 is 11.2 Å². The zero-order chi connectivity index (χ0) is 18.3. The standard InChI is InChI=1S/C16H28N2O5Si/c1-10-8-18(15(21)17-14(10)20)13-7-11(19)12(23-13)9-22-24(5,6)16(2,3)4/h8,11-13,19H,7,9H2,1-6H3,(H,17,20,21)/t11-,12+,13+/m1/s1. The van der Waals surface area contributed by atoms with Crippen molar-refractivity contribution in [2.24, 2.45) is 0 Å². The third kappa shape index (κ3) is 3.88. The van der Waals surface area contributed by atoms with Gasteiger partial charge in [-0.2, -0.15) is 0 Å². The molecule has 0 amide bonds. The van der Waals surface area contributed by atoms with Gasteiger partial charge in [0.1, 0.15) is 12.3 Å². The lowest BCUT2D eigenvalue weighted by Gasteiger charge is -2.37. The molecule has 0 bridgehead atoms. The molecule has 1 aliphatic rings. The molecule has 1 saturated heterocycles. The van der Waals surface area contributed by atoms with Crippen LogP contribution in [-0.2, 0) is 9.16 Å². The minimum atomic E-state index is -1.94.